The summed E-state index contributed by atoms with van der Waals surface area (Å²) in [6.07, 6.45) is 3.28. The lowest BCUT2D eigenvalue weighted by Crippen LogP contribution is -2.05. The molecule has 2 N–H and O–H groups in total. The Morgan fingerprint density at radius 2 is 2.05 bits per heavy atom. The largest absolute Gasteiger partial charge is 0.490 e. The van der Waals surface area contributed by atoms with Crippen molar-refractivity contribution in [2.45, 2.75) is 20.1 Å². The topological polar surface area (TPSA) is 57.4 Å². The van der Waals surface area contributed by atoms with Crippen LogP contribution in [-0.2, 0) is 13.2 Å². The van der Waals surface area contributed by atoms with Gasteiger partial charge in [-0.2, -0.15) is 0 Å². The SMILES string of the molecule is CCOc1cccc(CN)c1OCc1ccncc1Cl. The molecule has 1 heterocycles. The van der Waals surface area contributed by atoms with Gasteiger partial charge in [0.15, 0.2) is 11.5 Å². The second-order valence-corrected chi connectivity index (χ2v) is 4.54. The average Bonchev–Trinajstić information content (AvgIpc) is 2.47. The van der Waals surface area contributed by atoms with Gasteiger partial charge in [0.05, 0.1) is 11.6 Å². The highest BCUT2D eigenvalue weighted by atomic mass is 35.5. The number of para-hydroxylation sites is 1. The number of nitrogens with zero attached hydrogens (tertiary/aromatic N) is 1. The molecule has 0 aliphatic rings. The third kappa shape index (κ3) is 3.40. The van der Waals surface area contributed by atoms with E-state index in [1.807, 2.05) is 31.2 Å². The van der Waals surface area contributed by atoms with Gasteiger partial charge in [-0.15, -0.1) is 0 Å². The Morgan fingerprint density at radius 3 is 2.75 bits per heavy atom. The van der Waals surface area contributed by atoms with Crippen LogP contribution in [0.5, 0.6) is 11.5 Å². The minimum atomic E-state index is 0.346. The zero-order valence-corrected chi connectivity index (χ0v) is 12.1. The number of hydrogen-bond acceptors (Lipinski definition) is 4. The molecular formula is C15H17ClN2O2. The predicted molar refractivity (Wildman–Crippen MR) is 79.1 cm³/mol. The van der Waals surface area contributed by atoms with Crippen molar-refractivity contribution in [2.75, 3.05) is 6.61 Å². The van der Waals surface area contributed by atoms with Gasteiger partial charge in [0.25, 0.3) is 0 Å². The van der Waals surface area contributed by atoms with Gasteiger partial charge in [0, 0.05) is 30.1 Å². The molecule has 1 aromatic heterocycles. The lowest BCUT2D eigenvalue weighted by atomic mass is 10.2. The first-order valence-electron chi connectivity index (χ1n) is 6.42. The maximum Gasteiger partial charge on any atom is 0.166 e. The van der Waals surface area contributed by atoms with Gasteiger partial charge >= 0.3 is 0 Å². The van der Waals surface area contributed by atoms with Gasteiger partial charge in [-0.1, -0.05) is 23.7 Å². The Bertz CT molecular complexity index is 576. The number of rotatable bonds is 6. The molecule has 0 fully saturated rings. The van der Waals surface area contributed by atoms with Crippen molar-refractivity contribution in [1.82, 2.24) is 4.98 Å². The summed E-state index contributed by atoms with van der Waals surface area (Å²) in [4.78, 5) is 3.95. The summed E-state index contributed by atoms with van der Waals surface area (Å²) < 4.78 is 11.4. The van der Waals surface area contributed by atoms with E-state index >= 15 is 0 Å². The van der Waals surface area contributed by atoms with Crippen LogP contribution < -0.4 is 15.2 Å². The minimum absolute atomic E-state index is 0.346. The fraction of sp³-hybridized carbons (Fsp3) is 0.267. The molecule has 106 valence electrons. The van der Waals surface area contributed by atoms with Crippen LogP contribution in [0.15, 0.2) is 36.7 Å². The summed E-state index contributed by atoms with van der Waals surface area (Å²) in [6, 6.07) is 7.52. The van der Waals surface area contributed by atoms with Crippen molar-refractivity contribution in [3.05, 3.63) is 52.8 Å². The first-order valence-corrected chi connectivity index (χ1v) is 6.80. The van der Waals surface area contributed by atoms with E-state index < -0.39 is 0 Å². The summed E-state index contributed by atoms with van der Waals surface area (Å²) in [5, 5.41) is 0.579. The van der Waals surface area contributed by atoms with E-state index in [1.165, 1.54) is 0 Å². The Balaban J connectivity index is 2.21. The summed E-state index contributed by atoms with van der Waals surface area (Å²) in [7, 11) is 0. The van der Waals surface area contributed by atoms with Crippen molar-refractivity contribution >= 4 is 11.6 Å². The van der Waals surface area contributed by atoms with Crippen LogP contribution in [0.2, 0.25) is 5.02 Å². The first kappa shape index (κ1) is 14.6. The van der Waals surface area contributed by atoms with Crippen LogP contribution >= 0.6 is 11.6 Å². The molecule has 0 amide bonds. The summed E-state index contributed by atoms with van der Waals surface area (Å²) in [6.45, 7) is 3.23. The van der Waals surface area contributed by atoms with Crippen molar-refractivity contribution in [3.63, 3.8) is 0 Å². The monoisotopic (exact) mass is 292 g/mol. The van der Waals surface area contributed by atoms with Gasteiger partial charge in [-0.25, -0.2) is 0 Å². The average molecular weight is 293 g/mol. The molecule has 0 saturated heterocycles. The van der Waals surface area contributed by atoms with Crippen LogP contribution in [0.1, 0.15) is 18.1 Å². The van der Waals surface area contributed by atoms with Crippen molar-refractivity contribution in [1.29, 1.82) is 0 Å². The summed E-state index contributed by atoms with van der Waals surface area (Å²) >= 11 is 6.07. The second-order valence-electron chi connectivity index (χ2n) is 4.14. The molecule has 0 atom stereocenters. The number of nitrogens with two attached hydrogens (primary N) is 1. The van der Waals surface area contributed by atoms with Crippen LogP contribution in [-0.4, -0.2) is 11.6 Å². The molecule has 4 nitrogen and oxygen atoms in total. The number of pyridine rings is 1. The lowest BCUT2D eigenvalue weighted by molar-refractivity contribution is 0.266. The molecule has 5 heteroatoms. The van der Waals surface area contributed by atoms with Gasteiger partial charge in [-0.05, 0) is 19.1 Å². The van der Waals surface area contributed by atoms with Gasteiger partial charge < -0.3 is 15.2 Å². The van der Waals surface area contributed by atoms with E-state index in [0.717, 1.165) is 11.1 Å². The van der Waals surface area contributed by atoms with E-state index in [0.29, 0.717) is 36.3 Å². The molecule has 0 spiro atoms. The molecule has 0 radical (unpaired) electrons. The van der Waals surface area contributed by atoms with Gasteiger partial charge in [-0.3, -0.25) is 4.98 Å². The zero-order valence-electron chi connectivity index (χ0n) is 11.3. The number of halogens is 1. The molecule has 0 bridgehead atoms. The molecule has 0 aliphatic carbocycles. The third-order valence-corrected chi connectivity index (χ3v) is 3.15. The summed E-state index contributed by atoms with van der Waals surface area (Å²) in [5.41, 5.74) is 7.52. The minimum Gasteiger partial charge on any atom is -0.490 e. The molecule has 0 unspecified atom stereocenters. The first-order chi connectivity index (χ1) is 9.76. The Morgan fingerprint density at radius 1 is 1.20 bits per heavy atom. The van der Waals surface area contributed by atoms with E-state index in [-0.39, 0.29) is 0 Å². The van der Waals surface area contributed by atoms with Crippen LogP contribution in [0.4, 0.5) is 0 Å². The molecule has 2 rings (SSSR count). The summed E-state index contributed by atoms with van der Waals surface area (Å²) in [5.74, 6) is 1.37. The Labute approximate surface area is 123 Å². The molecule has 2 aromatic rings. The molecule has 20 heavy (non-hydrogen) atoms. The predicted octanol–water partition coefficient (Wildman–Crippen LogP) is 3.17. The third-order valence-electron chi connectivity index (χ3n) is 2.81. The quantitative estimate of drug-likeness (QED) is 0.888. The number of ether oxygens (including phenoxy) is 2. The zero-order chi connectivity index (χ0) is 14.4. The fourth-order valence-electron chi connectivity index (χ4n) is 1.83. The second kappa shape index (κ2) is 7.12. The van der Waals surface area contributed by atoms with E-state index in [1.54, 1.807) is 12.4 Å². The highest BCUT2D eigenvalue weighted by Crippen LogP contribution is 2.32. The highest BCUT2D eigenvalue weighted by Gasteiger charge is 2.11. The van der Waals surface area contributed by atoms with Gasteiger partial charge in [0.2, 0.25) is 0 Å². The molecule has 1 aromatic carbocycles. The lowest BCUT2D eigenvalue weighted by Gasteiger charge is -2.15. The number of hydrogen-bond donors (Lipinski definition) is 1. The molecule has 0 aliphatic heterocycles. The van der Waals surface area contributed by atoms with Crippen LogP contribution in [0.3, 0.4) is 0 Å². The van der Waals surface area contributed by atoms with Crippen molar-refractivity contribution in [3.8, 4) is 11.5 Å². The number of benzene rings is 1. The van der Waals surface area contributed by atoms with Crippen molar-refractivity contribution in [2.24, 2.45) is 5.73 Å². The standard InChI is InChI=1S/C15H17ClN2O2/c1-2-19-14-5-3-4-11(8-17)15(14)20-10-12-6-7-18-9-13(12)16/h3-7,9H,2,8,10,17H2,1H3. The van der Waals surface area contributed by atoms with Gasteiger partial charge in [0.1, 0.15) is 6.61 Å². The maximum absolute atomic E-state index is 6.07. The Kier molecular flexibility index (Phi) is 5.21. The van der Waals surface area contributed by atoms with E-state index in [4.69, 9.17) is 26.8 Å². The molecular weight excluding hydrogens is 276 g/mol. The highest BCUT2D eigenvalue weighted by molar-refractivity contribution is 6.31. The number of aromatic nitrogens is 1. The van der Waals surface area contributed by atoms with Crippen LogP contribution in [0, 0.1) is 0 Å². The van der Waals surface area contributed by atoms with E-state index in [2.05, 4.69) is 4.98 Å². The normalized spacial score (nSPS) is 10.3. The van der Waals surface area contributed by atoms with Crippen LogP contribution in [0.25, 0.3) is 0 Å². The molecule has 0 saturated carbocycles. The van der Waals surface area contributed by atoms with Crippen molar-refractivity contribution < 1.29 is 9.47 Å². The Hall–Kier alpha value is -1.78. The maximum atomic E-state index is 6.07. The smallest absolute Gasteiger partial charge is 0.166 e. The van der Waals surface area contributed by atoms with E-state index in [9.17, 15) is 0 Å². The fourth-order valence-corrected chi connectivity index (χ4v) is 2.00.